The first kappa shape index (κ1) is 14.7. The second-order valence-electron chi connectivity index (χ2n) is 4.96. The molecule has 104 valence electrons. The first-order valence-corrected chi connectivity index (χ1v) is 7.47. The molecule has 1 fully saturated rings. The third kappa shape index (κ3) is 3.42. The summed E-state index contributed by atoms with van der Waals surface area (Å²) in [7, 11) is 3.40. The van der Waals surface area contributed by atoms with Crippen LogP contribution in [0.25, 0.3) is 0 Å². The van der Waals surface area contributed by atoms with Gasteiger partial charge in [-0.05, 0) is 37.0 Å². The lowest BCUT2D eigenvalue weighted by Gasteiger charge is -2.34. The molecule has 0 aromatic heterocycles. The van der Waals surface area contributed by atoms with Gasteiger partial charge in [0.1, 0.15) is 5.75 Å². The van der Waals surface area contributed by atoms with Crippen LogP contribution in [0.1, 0.15) is 23.2 Å². The smallest absolute Gasteiger partial charge is 0.257 e. The molecule has 0 saturated heterocycles. The van der Waals surface area contributed by atoms with E-state index in [9.17, 15) is 4.79 Å². The van der Waals surface area contributed by atoms with Crippen molar-refractivity contribution in [3.8, 4) is 5.75 Å². The van der Waals surface area contributed by atoms with Gasteiger partial charge in [-0.15, -0.1) is 11.6 Å². The van der Waals surface area contributed by atoms with Gasteiger partial charge in [0, 0.05) is 23.4 Å². The predicted molar refractivity (Wildman–Crippen MR) is 80.0 cm³/mol. The van der Waals surface area contributed by atoms with E-state index in [-0.39, 0.29) is 11.3 Å². The standard InChI is InChI=1S/C14H17BrClNO2/c1-17(8-9-5-11(16)6-9)14(18)12-7-10(15)3-4-13(12)19-2/h3-4,7,9,11H,5-6,8H2,1-2H3. The molecule has 0 spiro atoms. The summed E-state index contributed by atoms with van der Waals surface area (Å²) in [5.41, 5.74) is 0.584. The summed E-state index contributed by atoms with van der Waals surface area (Å²) in [4.78, 5) is 14.2. The summed E-state index contributed by atoms with van der Waals surface area (Å²) in [6.45, 7) is 0.748. The fourth-order valence-corrected chi connectivity index (χ4v) is 3.19. The SMILES string of the molecule is COc1ccc(Br)cc1C(=O)N(C)CC1CC(Cl)C1. The number of ether oxygens (including phenoxy) is 1. The second-order valence-corrected chi connectivity index (χ2v) is 6.50. The molecule has 1 aliphatic rings. The van der Waals surface area contributed by atoms with Crippen LogP contribution in [-0.2, 0) is 0 Å². The van der Waals surface area contributed by atoms with Gasteiger partial charge in [0.15, 0.2) is 0 Å². The molecule has 1 aliphatic carbocycles. The number of rotatable bonds is 4. The summed E-state index contributed by atoms with van der Waals surface area (Å²) in [6, 6.07) is 5.45. The Morgan fingerprint density at radius 1 is 1.53 bits per heavy atom. The summed E-state index contributed by atoms with van der Waals surface area (Å²) in [6.07, 6.45) is 1.99. The number of carbonyl (C=O) groups is 1. The van der Waals surface area contributed by atoms with Crippen LogP contribution in [0.3, 0.4) is 0 Å². The Morgan fingerprint density at radius 2 is 2.21 bits per heavy atom. The summed E-state index contributed by atoms with van der Waals surface area (Å²) in [5.74, 6) is 1.11. The van der Waals surface area contributed by atoms with Crippen molar-refractivity contribution in [3.63, 3.8) is 0 Å². The van der Waals surface area contributed by atoms with Gasteiger partial charge in [-0.1, -0.05) is 15.9 Å². The van der Waals surface area contributed by atoms with Gasteiger partial charge >= 0.3 is 0 Å². The number of halogens is 2. The van der Waals surface area contributed by atoms with Gasteiger partial charge < -0.3 is 9.64 Å². The minimum atomic E-state index is -0.0174. The van der Waals surface area contributed by atoms with Crippen molar-refractivity contribution in [1.82, 2.24) is 4.90 Å². The van der Waals surface area contributed by atoms with E-state index < -0.39 is 0 Å². The van der Waals surface area contributed by atoms with E-state index in [0.29, 0.717) is 17.2 Å². The van der Waals surface area contributed by atoms with E-state index in [1.54, 1.807) is 24.1 Å². The maximum Gasteiger partial charge on any atom is 0.257 e. The zero-order valence-corrected chi connectivity index (χ0v) is 13.4. The molecule has 1 saturated carbocycles. The van der Waals surface area contributed by atoms with Crippen LogP contribution < -0.4 is 4.74 Å². The van der Waals surface area contributed by atoms with Crippen LogP contribution in [0.5, 0.6) is 5.75 Å². The van der Waals surface area contributed by atoms with Crippen LogP contribution in [0.2, 0.25) is 0 Å². The quantitative estimate of drug-likeness (QED) is 0.780. The largest absolute Gasteiger partial charge is 0.496 e. The van der Waals surface area contributed by atoms with E-state index >= 15 is 0 Å². The third-order valence-corrected chi connectivity index (χ3v) is 4.30. The van der Waals surface area contributed by atoms with Crippen molar-refractivity contribution < 1.29 is 9.53 Å². The van der Waals surface area contributed by atoms with Crippen LogP contribution in [-0.4, -0.2) is 36.9 Å². The minimum Gasteiger partial charge on any atom is -0.496 e. The number of methoxy groups -OCH3 is 1. The van der Waals surface area contributed by atoms with Crippen LogP contribution in [0.4, 0.5) is 0 Å². The molecule has 0 heterocycles. The van der Waals surface area contributed by atoms with Gasteiger partial charge in [0.05, 0.1) is 12.7 Å². The molecule has 3 nitrogen and oxygen atoms in total. The Kier molecular flexibility index (Phi) is 4.74. The van der Waals surface area contributed by atoms with Gasteiger partial charge in [0.25, 0.3) is 5.91 Å². The molecule has 0 bridgehead atoms. The second kappa shape index (κ2) is 6.14. The number of alkyl halides is 1. The first-order chi connectivity index (χ1) is 9.01. The molecule has 2 rings (SSSR count). The maximum absolute atomic E-state index is 12.4. The zero-order chi connectivity index (χ0) is 14.0. The fraction of sp³-hybridized carbons (Fsp3) is 0.500. The number of carbonyl (C=O) groups excluding carboxylic acids is 1. The average Bonchev–Trinajstić information content (AvgIpc) is 2.35. The van der Waals surface area contributed by atoms with Gasteiger partial charge in [-0.2, -0.15) is 0 Å². The van der Waals surface area contributed by atoms with Crippen LogP contribution in [0, 0.1) is 5.92 Å². The summed E-state index contributed by atoms with van der Waals surface area (Å²) < 4.78 is 6.11. The minimum absolute atomic E-state index is 0.0174. The maximum atomic E-state index is 12.4. The number of hydrogen-bond donors (Lipinski definition) is 0. The van der Waals surface area contributed by atoms with E-state index in [1.165, 1.54) is 0 Å². The van der Waals surface area contributed by atoms with Crippen LogP contribution in [0.15, 0.2) is 22.7 Å². The lowest BCUT2D eigenvalue weighted by atomic mass is 9.84. The number of benzene rings is 1. The monoisotopic (exact) mass is 345 g/mol. The molecule has 1 amide bonds. The van der Waals surface area contributed by atoms with E-state index in [1.807, 2.05) is 13.1 Å². The van der Waals surface area contributed by atoms with Crippen molar-refractivity contribution in [2.24, 2.45) is 5.92 Å². The Balaban J connectivity index is 2.07. The highest BCUT2D eigenvalue weighted by Gasteiger charge is 2.29. The van der Waals surface area contributed by atoms with Gasteiger partial charge in [0.2, 0.25) is 0 Å². The highest BCUT2D eigenvalue weighted by atomic mass is 79.9. The van der Waals surface area contributed by atoms with E-state index in [0.717, 1.165) is 23.9 Å². The molecule has 0 aliphatic heterocycles. The van der Waals surface area contributed by atoms with E-state index in [4.69, 9.17) is 16.3 Å². The van der Waals surface area contributed by atoms with Gasteiger partial charge in [-0.3, -0.25) is 4.79 Å². The molecule has 1 aromatic carbocycles. The van der Waals surface area contributed by atoms with Crippen molar-refractivity contribution in [2.45, 2.75) is 18.2 Å². The Labute approximate surface area is 127 Å². The van der Waals surface area contributed by atoms with Crippen molar-refractivity contribution >= 4 is 33.4 Å². The predicted octanol–water partition coefficient (Wildman–Crippen LogP) is 3.55. The summed E-state index contributed by atoms with van der Waals surface area (Å²) >= 11 is 9.35. The zero-order valence-electron chi connectivity index (χ0n) is 11.0. The van der Waals surface area contributed by atoms with Crippen molar-refractivity contribution in [3.05, 3.63) is 28.2 Å². The molecule has 0 unspecified atom stereocenters. The number of amides is 1. The van der Waals surface area contributed by atoms with Gasteiger partial charge in [-0.25, -0.2) is 0 Å². The average molecular weight is 347 g/mol. The Bertz CT molecular complexity index is 475. The normalized spacial score (nSPS) is 21.7. The Hall–Kier alpha value is -0.740. The number of nitrogens with zero attached hydrogens (tertiary/aromatic N) is 1. The molecule has 0 atom stereocenters. The summed E-state index contributed by atoms with van der Waals surface area (Å²) in [5, 5.41) is 0.286. The lowest BCUT2D eigenvalue weighted by Crippen LogP contribution is -2.38. The Morgan fingerprint density at radius 3 is 2.79 bits per heavy atom. The highest BCUT2D eigenvalue weighted by Crippen LogP contribution is 2.33. The lowest BCUT2D eigenvalue weighted by molar-refractivity contribution is 0.0743. The third-order valence-electron chi connectivity index (χ3n) is 3.45. The molecular formula is C14H17BrClNO2. The van der Waals surface area contributed by atoms with Crippen molar-refractivity contribution in [1.29, 1.82) is 0 Å². The van der Waals surface area contributed by atoms with Crippen molar-refractivity contribution in [2.75, 3.05) is 20.7 Å². The molecule has 5 heteroatoms. The fourth-order valence-electron chi connectivity index (χ4n) is 2.33. The molecule has 0 radical (unpaired) electrons. The first-order valence-electron chi connectivity index (χ1n) is 6.24. The van der Waals surface area contributed by atoms with E-state index in [2.05, 4.69) is 15.9 Å². The highest BCUT2D eigenvalue weighted by molar-refractivity contribution is 9.10. The molecule has 0 N–H and O–H groups in total. The van der Waals surface area contributed by atoms with Crippen LogP contribution >= 0.6 is 27.5 Å². The topological polar surface area (TPSA) is 29.5 Å². The molecule has 19 heavy (non-hydrogen) atoms. The molecular weight excluding hydrogens is 330 g/mol. The molecule has 1 aromatic rings. The number of hydrogen-bond acceptors (Lipinski definition) is 2.